The van der Waals surface area contributed by atoms with E-state index < -0.39 is 0 Å². The van der Waals surface area contributed by atoms with Gasteiger partial charge >= 0.3 is 0 Å². The van der Waals surface area contributed by atoms with Crippen molar-refractivity contribution in [2.24, 2.45) is 5.92 Å². The average molecular weight is 308 g/mol. The third-order valence-corrected chi connectivity index (χ3v) is 4.71. The number of hydrogen-bond donors (Lipinski definition) is 1. The summed E-state index contributed by atoms with van der Waals surface area (Å²) in [6.07, 6.45) is 6.70. The highest BCUT2D eigenvalue weighted by molar-refractivity contribution is 9.10. The Morgan fingerprint density at radius 2 is 2.00 bits per heavy atom. The summed E-state index contributed by atoms with van der Waals surface area (Å²) in [5, 5.41) is 3.29. The van der Waals surface area contributed by atoms with Crippen LogP contribution in [0.4, 0.5) is 0 Å². The fourth-order valence-corrected chi connectivity index (χ4v) is 3.32. The van der Waals surface area contributed by atoms with Gasteiger partial charge in [-0.3, -0.25) is 4.79 Å². The molecule has 0 aliphatic heterocycles. The van der Waals surface area contributed by atoms with Gasteiger partial charge in [-0.25, -0.2) is 0 Å². The second-order valence-corrected chi connectivity index (χ2v) is 6.48. The Bertz CT molecular complexity index is 461. The van der Waals surface area contributed by atoms with Crippen LogP contribution in [0.1, 0.15) is 44.1 Å². The zero-order chi connectivity index (χ0) is 12.6. The number of hydrogen-bond acceptors (Lipinski definition) is 1. The van der Waals surface area contributed by atoms with Crippen molar-refractivity contribution >= 4 is 21.8 Å². The van der Waals surface area contributed by atoms with Crippen LogP contribution in [-0.4, -0.2) is 5.91 Å². The first-order valence-electron chi connectivity index (χ1n) is 6.78. The topological polar surface area (TPSA) is 29.1 Å². The lowest BCUT2D eigenvalue weighted by Gasteiger charge is -2.20. The van der Waals surface area contributed by atoms with E-state index in [0.29, 0.717) is 0 Å². The van der Waals surface area contributed by atoms with Crippen LogP contribution in [0.2, 0.25) is 0 Å². The molecule has 0 unspecified atom stereocenters. The summed E-state index contributed by atoms with van der Waals surface area (Å²) in [6.45, 7) is 0. The van der Waals surface area contributed by atoms with Crippen molar-refractivity contribution in [2.45, 2.75) is 44.1 Å². The lowest BCUT2D eigenvalue weighted by molar-refractivity contribution is -0.125. The Balaban J connectivity index is 1.73. The first-order valence-corrected chi connectivity index (χ1v) is 7.57. The van der Waals surface area contributed by atoms with Crippen molar-refractivity contribution in [2.75, 3.05) is 0 Å². The molecule has 2 fully saturated rings. The number of halogens is 1. The van der Waals surface area contributed by atoms with Crippen molar-refractivity contribution in [3.63, 3.8) is 0 Å². The Morgan fingerprint density at radius 1 is 1.28 bits per heavy atom. The van der Waals surface area contributed by atoms with E-state index in [4.69, 9.17) is 0 Å². The van der Waals surface area contributed by atoms with Gasteiger partial charge in [0.25, 0.3) is 0 Å². The van der Waals surface area contributed by atoms with E-state index in [2.05, 4.69) is 33.4 Å². The predicted molar refractivity (Wildman–Crippen MR) is 75.2 cm³/mol. The number of nitrogens with one attached hydrogen (secondary N) is 1. The normalized spacial score (nSPS) is 21.8. The SMILES string of the molecule is O=C(NC1(c2cccc(Br)c2)CC1)C1CCCC1. The van der Waals surface area contributed by atoms with Gasteiger partial charge in [0.15, 0.2) is 0 Å². The van der Waals surface area contributed by atoms with Gasteiger partial charge in [0.2, 0.25) is 5.91 Å². The molecular weight excluding hydrogens is 290 g/mol. The predicted octanol–water partition coefficient (Wildman–Crippen LogP) is 3.74. The van der Waals surface area contributed by atoms with Crippen LogP contribution in [0.25, 0.3) is 0 Å². The van der Waals surface area contributed by atoms with E-state index in [9.17, 15) is 4.79 Å². The Labute approximate surface area is 116 Å². The lowest BCUT2D eigenvalue weighted by atomic mass is 10.0. The fraction of sp³-hybridized carbons (Fsp3) is 0.533. The highest BCUT2D eigenvalue weighted by Gasteiger charge is 2.46. The minimum absolute atomic E-state index is 0.0660. The van der Waals surface area contributed by atoms with E-state index >= 15 is 0 Å². The molecule has 0 heterocycles. The molecule has 0 spiro atoms. The van der Waals surface area contributed by atoms with Crippen molar-refractivity contribution in [1.82, 2.24) is 5.32 Å². The maximum absolute atomic E-state index is 12.2. The van der Waals surface area contributed by atoms with Crippen LogP contribution < -0.4 is 5.32 Å². The smallest absolute Gasteiger partial charge is 0.223 e. The number of carbonyl (C=O) groups excluding carboxylic acids is 1. The minimum atomic E-state index is -0.0660. The zero-order valence-electron chi connectivity index (χ0n) is 10.4. The van der Waals surface area contributed by atoms with Gasteiger partial charge in [0.1, 0.15) is 0 Å². The van der Waals surface area contributed by atoms with Crippen LogP contribution in [0, 0.1) is 5.92 Å². The highest BCUT2D eigenvalue weighted by Crippen LogP contribution is 2.46. The first-order chi connectivity index (χ1) is 8.70. The Hall–Kier alpha value is -0.830. The molecule has 2 aliphatic rings. The van der Waals surface area contributed by atoms with Crippen molar-refractivity contribution in [1.29, 1.82) is 0 Å². The molecule has 96 valence electrons. The second kappa shape index (κ2) is 4.69. The van der Waals surface area contributed by atoms with Gasteiger partial charge in [-0.1, -0.05) is 40.9 Å². The van der Waals surface area contributed by atoms with Crippen molar-refractivity contribution in [3.05, 3.63) is 34.3 Å². The molecule has 2 nitrogen and oxygen atoms in total. The van der Waals surface area contributed by atoms with Crippen LogP contribution >= 0.6 is 15.9 Å². The fourth-order valence-electron chi connectivity index (χ4n) is 2.92. The Morgan fingerprint density at radius 3 is 2.61 bits per heavy atom. The van der Waals surface area contributed by atoms with Gasteiger partial charge in [0, 0.05) is 10.4 Å². The van der Waals surface area contributed by atoms with Crippen molar-refractivity contribution in [3.8, 4) is 0 Å². The molecule has 3 rings (SSSR count). The highest BCUT2D eigenvalue weighted by atomic mass is 79.9. The molecule has 3 heteroatoms. The molecule has 2 aliphatic carbocycles. The van der Waals surface area contributed by atoms with Crippen molar-refractivity contribution < 1.29 is 4.79 Å². The van der Waals surface area contributed by atoms with E-state index in [1.54, 1.807) is 0 Å². The molecular formula is C15H18BrNO. The van der Waals surface area contributed by atoms with Crippen LogP contribution in [0.5, 0.6) is 0 Å². The summed E-state index contributed by atoms with van der Waals surface area (Å²) < 4.78 is 1.08. The monoisotopic (exact) mass is 307 g/mol. The van der Waals surface area contributed by atoms with E-state index in [1.807, 2.05) is 12.1 Å². The molecule has 1 aromatic rings. The van der Waals surface area contributed by atoms with Gasteiger partial charge in [-0.05, 0) is 43.4 Å². The molecule has 18 heavy (non-hydrogen) atoms. The van der Waals surface area contributed by atoms with E-state index in [1.165, 1.54) is 18.4 Å². The van der Waals surface area contributed by atoms with Crippen LogP contribution in [-0.2, 0) is 10.3 Å². The molecule has 1 amide bonds. The zero-order valence-corrected chi connectivity index (χ0v) is 12.0. The molecule has 0 radical (unpaired) electrons. The number of rotatable bonds is 3. The van der Waals surface area contributed by atoms with Gasteiger partial charge in [-0.15, -0.1) is 0 Å². The molecule has 2 saturated carbocycles. The first kappa shape index (κ1) is 12.2. The summed E-state index contributed by atoms with van der Waals surface area (Å²) in [5.41, 5.74) is 1.17. The Kier molecular flexibility index (Phi) is 3.18. The maximum Gasteiger partial charge on any atom is 0.223 e. The summed E-state index contributed by atoms with van der Waals surface area (Å²) in [6, 6.07) is 8.31. The molecule has 1 aromatic carbocycles. The van der Waals surface area contributed by atoms with Crippen LogP contribution in [0.3, 0.4) is 0 Å². The van der Waals surface area contributed by atoms with Gasteiger partial charge in [0.05, 0.1) is 5.54 Å². The standard InChI is InChI=1S/C15H18BrNO/c16-13-7-3-6-12(10-13)15(8-9-15)17-14(18)11-4-1-2-5-11/h3,6-7,10-11H,1-2,4-5,8-9H2,(H,17,18). The third kappa shape index (κ3) is 2.33. The molecule has 0 atom stereocenters. The number of carbonyl (C=O) groups is 1. The summed E-state index contributed by atoms with van der Waals surface area (Å²) in [5.74, 6) is 0.527. The average Bonchev–Trinajstić information content (AvgIpc) is 2.93. The largest absolute Gasteiger partial charge is 0.346 e. The second-order valence-electron chi connectivity index (χ2n) is 5.56. The van der Waals surface area contributed by atoms with E-state index in [0.717, 1.165) is 30.2 Å². The summed E-state index contributed by atoms with van der Waals surface area (Å²) >= 11 is 3.50. The maximum atomic E-state index is 12.2. The van der Waals surface area contributed by atoms with E-state index in [-0.39, 0.29) is 17.4 Å². The minimum Gasteiger partial charge on any atom is -0.346 e. The van der Waals surface area contributed by atoms with Gasteiger partial charge in [-0.2, -0.15) is 0 Å². The molecule has 1 N–H and O–H groups in total. The summed E-state index contributed by atoms with van der Waals surface area (Å²) in [4.78, 5) is 12.2. The summed E-state index contributed by atoms with van der Waals surface area (Å²) in [7, 11) is 0. The number of amides is 1. The number of benzene rings is 1. The molecule has 0 aromatic heterocycles. The lowest BCUT2D eigenvalue weighted by Crippen LogP contribution is -2.38. The molecule has 0 bridgehead atoms. The van der Waals surface area contributed by atoms with Gasteiger partial charge < -0.3 is 5.32 Å². The van der Waals surface area contributed by atoms with Crippen LogP contribution in [0.15, 0.2) is 28.7 Å². The molecule has 0 saturated heterocycles. The quantitative estimate of drug-likeness (QED) is 0.905. The third-order valence-electron chi connectivity index (χ3n) is 4.22.